The summed E-state index contributed by atoms with van der Waals surface area (Å²) in [6.45, 7) is 1.34. The van der Waals surface area contributed by atoms with Gasteiger partial charge in [0.2, 0.25) is 5.96 Å². The molecular formula is C18H18F3N5O. The highest BCUT2D eigenvalue weighted by Gasteiger charge is 2.30. The van der Waals surface area contributed by atoms with Crippen LogP contribution in [-0.2, 0) is 13.0 Å². The zero-order valence-electron chi connectivity index (χ0n) is 14.3. The van der Waals surface area contributed by atoms with E-state index >= 15 is 0 Å². The third-order valence-corrected chi connectivity index (χ3v) is 4.00. The second kappa shape index (κ2) is 7.56. The highest BCUT2D eigenvalue weighted by Crippen LogP contribution is 2.25. The van der Waals surface area contributed by atoms with Crippen molar-refractivity contribution in [1.82, 2.24) is 4.90 Å². The summed E-state index contributed by atoms with van der Waals surface area (Å²) in [6, 6.07) is 13.1. The molecule has 0 aliphatic carbocycles. The Morgan fingerprint density at radius 3 is 2.33 bits per heavy atom. The van der Waals surface area contributed by atoms with Crippen molar-refractivity contribution in [3.8, 4) is 5.75 Å². The lowest BCUT2D eigenvalue weighted by Gasteiger charge is -2.29. The number of aliphatic imine (C=N–C) groups is 2. The third-order valence-electron chi connectivity index (χ3n) is 4.00. The molecule has 6 nitrogen and oxygen atoms in total. The van der Waals surface area contributed by atoms with Gasteiger partial charge in [-0.15, -0.1) is 13.2 Å². The molecule has 0 bridgehead atoms. The molecule has 9 heteroatoms. The Hall–Kier alpha value is -3.23. The van der Waals surface area contributed by atoms with E-state index in [4.69, 9.17) is 11.5 Å². The van der Waals surface area contributed by atoms with Crippen LogP contribution in [0.1, 0.15) is 11.1 Å². The molecule has 0 radical (unpaired) electrons. The van der Waals surface area contributed by atoms with E-state index in [0.717, 1.165) is 18.6 Å². The van der Waals surface area contributed by atoms with Crippen molar-refractivity contribution in [3.63, 3.8) is 0 Å². The minimum absolute atomic E-state index is 0.0872. The highest BCUT2D eigenvalue weighted by atomic mass is 19.4. The topological polar surface area (TPSA) is 89.2 Å². The van der Waals surface area contributed by atoms with E-state index in [1.807, 2.05) is 23.1 Å². The van der Waals surface area contributed by atoms with Crippen molar-refractivity contribution in [1.29, 1.82) is 0 Å². The van der Waals surface area contributed by atoms with Crippen molar-refractivity contribution >= 4 is 17.6 Å². The highest BCUT2D eigenvalue weighted by molar-refractivity contribution is 5.94. The Kier molecular flexibility index (Phi) is 5.20. The number of hydrogen-bond acceptors (Lipinski definition) is 2. The molecule has 0 unspecified atom stereocenters. The number of fused-ring (bicyclic) bond motifs is 1. The van der Waals surface area contributed by atoms with Crippen molar-refractivity contribution in [3.05, 3.63) is 59.7 Å². The van der Waals surface area contributed by atoms with Gasteiger partial charge in [-0.1, -0.05) is 24.3 Å². The van der Waals surface area contributed by atoms with Crippen LogP contribution in [-0.4, -0.2) is 29.7 Å². The van der Waals surface area contributed by atoms with Gasteiger partial charge in [0, 0.05) is 13.1 Å². The molecular weight excluding hydrogens is 359 g/mol. The fourth-order valence-electron chi connectivity index (χ4n) is 2.76. The fraction of sp³-hybridized carbons (Fsp3) is 0.222. The van der Waals surface area contributed by atoms with Gasteiger partial charge < -0.3 is 21.1 Å². The van der Waals surface area contributed by atoms with Gasteiger partial charge in [-0.2, -0.15) is 4.99 Å². The van der Waals surface area contributed by atoms with Crippen molar-refractivity contribution < 1.29 is 17.9 Å². The van der Waals surface area contributed by atoms with Gasteiger partial charge in [-0.25, -0.2) is 4.99 Å². The van der Waals surface area contributed by atoms with Gasteiger partial charge in [0.05, 0.1) is 5.69 Å². The molecule has 1 aliphatic heterocycles. The SMILES string of the molecule is NC(=Nc1ccc(OC(F)(F)F)cc1)/N=C(\N)N1CCc2ccccc2C1. The van der Waals surface area contributed by atoms with Crippen molar-refractivity contribution in [2.45, 2.75) is 19.3 Å². The molecule has 142 valence electrons. The average molecular weight is 377 g/mol. The van der Waals surface area contributed by atoms with E-state index in [-0.39, 0.29) is 17.7 Å². The van der Waals surface area contributed by atoms with Gasteiger partial charge in [0.1, 0.15) is 5.75 Å². The van der Waals surface area contributed by atoms with Gasteiger partial charge >= 0.3 is 6.36 Å². The van der Waals surface area contributed by atoms with Gasteiger partial charge in [0.25, 0.3) is 0 Å². The largest absolute Gasteiger partial charge is 0.573 e. The smallest absolute Gasteiger partial charge is 0.406 e. The summed E-state index contributed by atoms with van der Waals surface area (Å²) in [4.78, 5) is 10.0. The van der Waals surface area contributed by atoms with Crippen LogP contribution in [0.25, 0.3) is 0 Å². The molecule has 0 aromatic heterocycles. The van der Waals surface area contributed by atoms with Crippen LogP contribution in [0.2, 0.25) is 0 Å². The second-order valence-electron chi connectivity index (χ2n) is 5.92. The average Bonchev–Trinajstić information content (AvgIpc) is 2.61. The third kappa shape index (κ3) is 5.13. The van der Waals surface area contributed by atoms with Gasteiger partial charge in [-0.3, -0.25) is 0 Å². The molecule has 0 fully saturated rings. The number of guanidine groups is 2. The first-order chi connectivity index (χ1) is 12.8. The predicted octanol–water partition coefficient (Wildman–Crippen LogP) is 2.90. The maximum atomic E-state index is 12.2. The Morgan fingerprint density at radius 1 is 1.00 bits per heavy atom. The van der Waals surface area contributed by atoms with Crippen LogP contribution in [0.5, 0.6) is 5.75 Å². The lowest BCUT2D eigenvalue weighted by Crippen LogP contribution is -2.41. The molecule has 4 N–H and O–H groups in total. The van der Waals surface area contributed by atoms with Crippen LogP contribution in [0.3, 0.4) is 0 Å². The molecule has 2 aromatic rings. The summed E-state index contributed by atoms with van der Waals surface area (Å²) in [7, 11) is 0. The number of hydrogen-bond donors (Lipinski definition) is 2. The van der Waals surface area contributed by atoms with E-state index in [1.165, 1.54) is 23.3 Å². The molecule has 0 atom stereocenters. The van der Waals surface area contributed by atoms with E-state index in [2.05, 4.69) is 20.8 Å². The Balaban J connectivity index is 1.67. The lowest BCUT2D eigenvalue weighted by atomic mass is 10.0. The molecule has 0 saturated carbocycles. The van der Waals surface area contributed by atoms with Crippen molar-refractivity contribution in [2.75, 3.05) is 6.54 Å². The summed E-state index contributed by atoms with van der Waals surface area (Å²) < 4.78 is 40.3. The summed E-state index contributed by atoms with van der Waals surface area (Å²) >= 11 is 0. The summed E-state index contributed by atoms with van der Waals surface area (Å²) in [5.41, 5.74) is 14.6. The lowest BCUT2D eigenvalue weighted by molar-refractivity contribution is -0.274. The minimum atomic E-state index is -4.74. The molecule has 0 amide bonds. The Bertz CT molecular complexity index is 862. The number of nitrogens with two attached hydrogens (primary N) is 2. The number of nitrogens with zero attached hydrogens (tertiary/aromatic N) is 3. The number of benzene rings is 2. The molecule has 3 rings (SSSR count). The maximum absolute atomic E-state index is 12.2. The predicted molar refractivity (Wildman–Crippen MR) is 96.6 cm³/mol. The molecule has 1 heterocycles. The van der Waals surface area contributed by atoms with Crippen LogP contribution in [0.4, 0.5) is 18.9 Å². The van der Waals surface area contributed by atoms with Crippen LogP contribution < -0.4 is 16.2 Å². The number of ether oxygens (including phenoxy) is 1. The molecule has 2 aromatic carbocycles. The van der Waals surface area contributed by atoms with E-state index in [1.54, 1.807) is 0 Å². The molecule has 0 saturated heterocycles. The monoisotopic (exact) mass is 377 g/mol. The van der Waals surface area contributed by atoms with E-state index in [0.29, 0.717) is 18.8 Å². The van der Waals surface area contributed by atoms with E-state index < -0.39 is 6.36 Å². The number of alkyl halides is 3. The maximum Gasteiger partial charge on any atom is 0.573 e. The second-order valence-corrected chi connectivity index (χ2v) is 5.92. The summed E-state index contributed by atoms with van der Waals surface area (Å²) in [5.74, 6) is -0.186. The fourth-order valence-corrected chi connectivity index (χ4v) is 2.76. The first-order valence-corrected chi connectivity index (χ1v) is 8.16. The molecule has 0 spiro atoms. The minimum Gasteiger partial charge on any atom is -0.406 e. The molecule has 27 heavy (non-hydrogen) atoms. The first-order valence-electron chi connectivity index (χ1n) is 8.16. The van der Waals surface area contributed by atoms with Crippen LogP contribution in [0, 0.1) is 0 Å². The summed E-state index contributed by atoms with van der Waals surface area (Å²) in [5, 5.41) is 0. The van der Waals surface area contributed by atoms with Crippen LogP contribution >= 0.6 is 0 Å². The Morgan fingerprint density at radius 2 is 1.67 bits per heavy atom. The van der Waals surface area contributed by atoms with Crippen molar-refractivity contribution in [2.24, 2.45) is 21.5 Å². The Labute approximate surface area is 154 Å². The quantitative estimate of drug-likeness (QED) is 0.622. The van der Waals surface area contributed by atoms with Gasteiger partial charge in [-0.05, 0) is 41.8 Å². The standard InChI is InChI=1S/C18H18F3N5O/c19-18(20,21)27-15-7-5-14(6-8-15)24-16(22)25-17(23)26-10-9-12-3-1-2-4-13(12)11-26/h1-8H,9-11H2,(H4,22,23,24,25). The number of halogens is 3. The van der Waals surface area contributed by atoms with E-state index in [9.17, 15) is 13.2 Å². The van der Waals surface area contributed by atoms with Gasteiger partial charge in [0.15, 0.2) is 5.96 Å². The zero-order valence-corrected chi connectivity index (χ0v) is 14.3. The zero-order chi connectivity index (χ0) is 19.4. The van der Waals surface area contributed by atoms with Crippen LogP contribution in [0.15, 0.2) is 58.5 Å². The number of rotatable bonds is 2. The normalized spacial score (nSPS) is 15.4. The molecule has 1 aliphatic rings. The summed E-state index contributed by atoms with van der Waals surface area (Å²) in [6.07, 6.45) is -3.89. The first kappa shape index (κ1) is 18.6.